The van der Waals surface area contributed by atoms with E-state index in [2.05, 4.69) is 101 Å². The number of likely N-dealkylation sites (N-methyl/N-ethyl adjacent to an activating group) is 2. The van der Waals surface area contributed by atoms with Crippen molar-refractivity contribution in [3.05, 3.63) is 100 Å². The summed E-state index contributed by atoms with van der Waals surface area (Å²) in [5, 5.41) is 10.5. The number of hydrogen-bond acceptors (Lipinski definition) is 5. The van der Waals surface area contributed by atoms with Gasteiger partial charge in [-0.25, -0.2) is 0 Å². The van der Waals surface area contributed by atoms with Crippen molar-refractivity contribution in [2.45, 2.75) is 12.6 Å². The van der Waals surface area contributed by atoms with Crippen molar-refractivity contribution in [2.75, 3.05) is 65.3 Å². The first-order chi connectivity index (χ1) is 17.4. The van der Waals surface area contributed by atoms with Crippen molar-refractivity contribution in [1.82, 2.24) is 14.7 Å². The molecule has 1 heterocycles. The van der Waals surface area contributed by atoms with Gasteiger partial charge in [-0.3, -0.25) is 9.80 Å². The molecule has 3 aromatic carbocycles. The topological polar surface area (TPSA) is 36.8 Å². The van der Waals surface area contributed by atoms with Crippen molar-refractivity contribution < 1.29 is 0 Å². The maximum Gasteiger partial charge on any atom is 0.0995 e. The van der Waals surface area contributed by atoms with Crippen LogP contribution in [0.2, 0.25) is 5.02 Å². The fraction of sp³-hybridized carbons (Fsp3) is 0.367. The zero-order valence-corrected chi connectivity index (χ0v) is 22.3. The summed E-state index contributed by atoms with van der Waals surface area (Å²) in [7, 11) is 6.30. The average molecular weight is 502 g/mol. The third-order valence-electron chi connectivity index (χ3n) is 7.00. The predicted octanol–water partition coefficient (Wildman–Crippen LogP) is 5.12. The maximum absolute atomic E-state index is 9.73. The van der Waals surface area contributed by atoms with Crippen molar-refractivity contribution in [2.24, 2.45) is 0 Å². The Hall–Kier alpha value is -2.88. The highest BCUT2D eigenvalue weighted by atomic mass is 35.5. The molecule has 0 amide bonds. The summed E-state index contributed by atoms with van der Waals surface area (Å²) in [5.41, 5.74) is 5.60. The minimum atomic E-state index is 0.203. The number of halogens is 1. The van der Waals surface area contributed by atoms with E-state index in [0.29, 0.717) is 0 Å². The molecule has 188 valence electrons. The van der Waals surface area contributed by atoms with Crippen LogP contribution in [0.1, 0.15) is 28.3 Å². The van der Waals surface area contributed by atoms with Gasteiger partial charge >= 0.3 is 0 Å². The molecule has 0 aromatic heterocycles. The van der Waals surface area contributed by atoms with Crippen LogP contribution in [0.3, 0.4) is 0 Å². The van der Waals surface area contributed by atoms with Crippen LogP contribution >= 0.6 is 11.6 Å². The third-order valence-corrected chi connectivity index (χ3v) is 7.25. The minimum absolute atomic E-state index is 0.203. The fourth-order valence-electron chi connectivity index (χ4n) is 4.85. The molecule has 1 saturated heterocycles. The van der Waals surface area contributed by atoms with Crippen LogP contribution in [-0.2, 0) is 6.54 Å². The minimum Gasteiger partial charge on any atom is -0.373 e. The van der Waals surface area contributed by atoms with Gasteiger partial charge in [0.05, 0.1) is 17.7 Å². The van der Waals surface area contributed by atoms with Crippen LogP contribution in [0.5, 0.6) is 0 Å². The first-order valence-electron chi connectivity index (χ1n) is 12.6. The van der Waals surface area contributed by atoms with Gasteiger partial charge in [0, 0.05) is 63.6 Å². The molecule has 0 radical (unpaired) electrons. The Morgan fingerprint density at radius 3 is 2.17 bits per heavy atom. The quantitative estimate of drug-likeness (QED) is 0.407. The number of rotatable bonds is 9. The Kier molecular flexibility index (Phi) is 9.01. The highest BCUT2D eigenvalue weighted by Gasteiger charge is 2.26. The van der Waals surface area contributed by atoms with Crippen LogP contribution in [-0.4, -0.2) is 75.1 Å². The van der Waals surface area contributed by atoms with E-state index in [-0.39, 0.29) is 6.04 Å². The Labute approximate surface area is 221 Å². The summed E-state index contributed by atoms with van der Waals surface area (Å²) in [6.45, 7) is 6.58. The van der Waals surface area contributed by atoms with Gasteiger partial charge in [-0.2, -0.15) is 5.26 Å². The second kappa shape index (κ2) is 12.4. The molecule has 1 aliphatic heterocycles. The zero-order valence-electron chi connectivity index (χ0n) is 21.6. The summed E-state index contributed by atoms with van der Waals surface area (Å²) in [6.07, 6.45) is 0. The lowest BCUT2D eigenvalue weighted by molar-refractivity contribution is 0.105. The number of piperazine rings is 1. The molecule has 0 bridgehead atoms. The van der Waals surface area contributed by atoms with E-state index in [1.165, 1.54) is 11.1 Å². The van der Waals surface area contributed by atoms with E-state index in [1.807, 2.05) is 18.2 Å². The molecule has 3 aromatic rings. The van der Waals surface area contributed by atoms with E-state index < -0.39 is 0 Å². The first kappa shape index (κ1) is 26.2. The molecule has 0 spiro atoms. The lowest BCUT2D eigenvalue weighted by atomic mass is 9.96. The van der Waals surface area contributed by atoms with Gasteiger partial charge in [-0.15, -0.1) is 0 Å². The molecule has 1 atom stereocenters. The number of nitriles is 1. The van der Waals surface area contributed by atoms with E-state index >= 15 is 0 Å². The second-order valence-corrected chi connectivity index (χ2v) is 10.3. The molecule has 0 saturated carbocycles. The van der Waals surface area contributed by atoms with Gasteiger partial charge in [0.25, 0.3) is 0 Å². The molecule has 4 rings (SSSR count). The maximum atomic E-state index is 9.73. The number of benzene rings is 3. The Morgan fingerprint density at radius 2 is 1.53 bits per heavy atom. The average Bonchev–Trinajstić information content (AvgIpc) is 2.90. The lowest BCUT2D eigenvalue weighted by Crippen LogP contribution is -2.47. The van der Waals surface area contributed by atoms with Crippen molar-refractivity contribution in [3.8, 4) is 6.07 Å². The van der Waals surface area contributed by atoms with E-state index in [1.54, 1.807) is 0 Å². The van der Waals surface area contributed by atoms with Crippen LogP contribution in [0.4, 0.5) is 5.69 Å². The van der Waals surface area contributed by atoms with Gasteiger partial charge in [0.2, 0.25) is 0 Å². The van der Waals surface area contributed by atoms with E-state index in [4.69, 9.17) is 11.6 Å². The monoisotopic (exact) mass is 501 g/mol. The van der Waals surface area contributed by atoms with E-state index in [0.717, 1.165) is 67.7 Å². The normalized spacial score (nSPS) is 15.6. The molecule has 6 heteroatoms. The Bertz CT molecular complexity index is 1150. The highest BCUT2D eigenvalue weighted by molar-refractivity contribution is 6.30. The SMILES string of the molecule is CN(C)CCN(C)c1ccc(C#N)c(CN2CCN(C(c3ccccc3)c3ccc(Cl)cc3)CC2)c1. The van der Waals surface area contributed by atoms with Crippen molar-refractivity contribution >= 4 is 17.3 Å². The third kappa shape index (κ3) is 6.66. The number of anilines is 1. The molecule has 0 N–H and O–H groups in total. The second-order valence-electron chi connectivity index (χ2n) is 9.85. The summed E-state index contributed by atoms with van der Waals surface area (Å²) >= 11 is 6.18. The van der Waals surface area contributed by atoms with Crippen molar-refractivity contribution in [3.63, 3.8) is 0 Å². The van der Waals surface area contributed by atoms with Gasteiger partial charge in [0.1, 0.15) is 0 Å². The van der Waals surface area contributed by atoms with Gasteiger partial charge in [0.15, 0.2) is 0 Å². The van der Waals surface area contributed by atoms with Crippen LogP contribution in [0.25, 0.3) is 0 Å². The fourth-order valence-corrected chi connectivity index (χ4v) is 4.98. The Balaban J connectivity index is 1.46. The molecule has 1 unspecified atom stereocenters. The molecular formula is C30H36ClN5. The predicted molar refractivity (Wildman–Crippen MR) is 150 cm³/mol. The van der Waals surface area contributed by atoms with Crippen LogP contribution < -0.4 is 4.90 Å². The summed E-state index contributed by atoms with van der Waals surface area (Å²) in [4.78, 5) is 9.48. The highest BCUT2D eigenvalue weighted by Crippen LogP contribution is 2.31. The standard InChI is InChI=1S/C30H36ClN5/c1-33(2)15-16-34(3)29-14-11-26(22-32)27(21-29)23-35-17-19-36(20-18-35)30(24-7-5-4-6-8-24)25-9-12-28(31)13-10-25/h4-14,21,30H,15-20,23H2,1-3H3. The molecule has 5 nitrogen and oxygen atoms in total. The zero-order chi connectivity index (χ0) is 25.5. The van der Waals surface area contributed by atoms with Crippen molar-refractivity contribution in [1.29, 1.82) is 5.26 Å². The number of nitrogens with zero attached hydrogens (tertiary/aromatic N) is 5. The first-order valence-corrected chi connectivity index (χ1v) is 13.0. The smallest absolute Gasteiger partial charge is 0.0995 e. The van der Waals surface area contributed by atoms with Crippen LogP contribution in [0, 0.1) is 11.3 Å². The van der Waals surface area contributed by atoms with Crippen LogP contribution in [0.15, 0.2) is 72.8 Å². The molecule has 1 aliphatic rings. The molecule has 36 heavy (non-hydrogen) atoms. The number of hydrogen-bond donors (Lipinski definition) is 0. The van der Waals surface area contributed by atoms with Gasteiger partial charge in [-0.1, -0.05) is 54.1 Å². The van der Waals surface area contributed by atoms with Gasteiger partial charge < -0.3 is 9.80 Å². The van der Waals surface area contributed by atoms with Gasteiger partial charge in [-0.05, 0) is 61.1 Å². The molecule has 0 aliphatic carbocycles. The Morgan fingerprint density at radius 1 is 0.861 bits per heavy atom. The largest absolute Gasteiger partial charge is 0.373 e. The summed E-state index contributed by atoms with van der Waals surface area (Å²) in [6, 6.07) is 27.8. The molecular weight excluding hydrogens is 466 g/mol. The lowest BCUT2D eigenvalue weighted by Gasteiger charge is -2.40. The summed E-state index contributed by atoms with van der Waals surface area (Å²) in [5.74, 6) is 0. The summed E-state index contributed by atoms with van der Waals surface area (Å²) < 4.78 is 0. The van der Waals surface area contributed by atoms with E-state index in [9.17, 15) is 5.26 Å². The molecule has 1 fully saturated rings.